The summed E-state index contributed by atoms with van der Waals surface area (Å²) in [4.78, 5) is 0. The fourth-order valence-corrected chi connectivity index (χ4v) is 1.41. The quantitative estimate of drug-likeness (QED) is 0.603. The van der Waals surface area contributed by atoms with Crippen molar-refractivity contribution in [1.29, 1.82) is 0 Å². The maximum Gasteiger partial charge on any atom is 0.195 e. The molecule has 0 N–H and O–H groups in total. The molecule has 1 aliphatic rings. The van der Waals surface area contributed by atoms with E-state index in [9.17, 15) is 13.2 Å². The minimum absolute atomic E-state index is 0.109. The Morgan fingerprint density at radius 1 is 1.00 bits per heavy atom. The minimum atomic E-state index is -1.41. The smallest absolute Gasteiger partial charge is 0.195 e. The van der Waals surface area contributed by atoms with Crippen molar-refractivity contribution >= 4 is 5.57 Å². The molecule has 0 aromatic heterocycles. The second-order valence-corrected chi connectivity index (χ2v) is 3.02. The molecule has 1 aromatic rings. The van der Waals surface area contributed by atoms with Gasteiger partial charge in [0.1, 0.15) is 0 Å². The maximum atomic E-state index is 13.2. The zero-order chi connectivity index (χ0) is 10.1. The topological polar surface area (TPSA) is 0 Å². The molecule has 0 bridgehead atoms. The monoisotopic (exact) mass is 196 g/mol. The van der Waals surface area contributed by atoms with Gasteiger partial charge in [-0.05, 0) is 24.1 Å². The molecule has 0 fully saturated rings. The molecule has 72 valence electrons. The van der Waals surface area contributed by atoms with Crippen LogP contribution in [0.25, 0.3) is 5.57 Å². The molecular formula is C11H7F3. The van der Waals surface area contributed by atoms with Gasteiger partial charge in [-0.25, -0.2) is 13.2 Å². The highest BCUT2D eigenvalue weighted by atomic mass is 19.2. The van der Waals surface area contributed by atoms with Gasteiger partial charge in [-0.3, -0.25) is 0 Å². The van der Waals surface area contributed by atoms with Gasteiger partial charge in [-0.2, -0.15) is 0 Å². The standard InChI is InChI=1S/C11H7F3/c12-9-6-5-8(10(13)11(9)14)7-3-1-2-4-7/h1,3-6H,2H2. The molecule has 1 aromatic carbocycles. The lowest BCUT2D eigenvalue weighted by Gasteiger charge is -2.03. The Morgan fingerprint density at radius 3 is 2.43 bits per heavy atom. The summed E-state index contributed by atoms with van der Waals surface area (Å²) in [5.41, 5.74) is 0.707. The number of allylic oxidation sites excluding steroid dienone is 4. The zero-order valence-corrected chi connectivity index (χ0v) is 7.23. The Kier molecular flexibility index (Phi) is 2.15. The van der Waals surface area contributed by atoms with Crippen LogP contribution in [0.2, 0.25) is 0 Å². The van der Waals surface area contributed by atoms with Crippen molar-refractivity contribution < 1.29 is 13.2 Å². The highest BCUT2D eigenvalue weighted by Crippen LogP contribution is 2.26. The molecule has 0 saturated heterocycles. The normalized spacial score (nSPS) is 14.6. The number of halogens is 3. The van der Waals surface area contributed by atoms with Crippen LogP contribution < -0.4 is 0 Å². The Balaban J connectivity index is 2.55. The highest BCUT2D eigenvalue weighted by molar-refractivity contribution is 5.76. The molecule has 0 amide bonds. The van der Waals surface area contributed by atoms with E-state index in [1.165, 1.54) is 6.07 Å². The largest absolute Gasteiger partial charge is 0.204 e. The fourth-order valence-electron chi connectivity index (χ4n) is 1.41. The van der Waals surface area contributed by atoms with Crippen molar-refractivity contribution in [1.82, 2.24) is 0 Å². The van der Waals surface area contributed by atoms with Crippen molar-refractivity contribution in [2.75, 3.05) is 0 Å². The Morgan fingerprint density at radius 2 is 1.79 bits per heavy atom. The van der Waals surface area contributed by atoms with Crippen molar-refractivity contribution in [3.63, 3.8) is 0 Å². The van der Waals surface area contributed by atoms with Crippen LogP contribution in [0, 0.1) is 17.5 Å². The first-order valence-corrected chi connectivity index (χ1v) is 4.20. The van der Waals surface area contributed by atoms with E-state index in [2.05, 4.69) is 0 Å². The van der Waals surface area contributed by atoms with Gasteiger partial charge in [0.05, 0.1) is 0 Å². The molecule has 0 radical (unpaired) electrons. The highest BCUT2D eigenvalue weighted by Gasteiger charge is 2.15. The van der Waals surface area contributed by atoms with Crippen LogP contribution in [0.5, 0.6) is 0 Å². The number of benzene rings is 1. The second-order valence-electron chi connectivity index (χ2n) is 3.02. The summed E-state index contributed by atoms with van der Waals surface area (Å²) < 4.78 is 38.7. The van der Waals surface area contributed by atoms with E-state index < -0.39 is 17.5 Å². The molecule has 0 spiro atoms. The van der Waals surface area contributed by atoms with Crippen LogP contribution in [-0.2, 0) is 0 Å². The molecule has 3 heteroatoms. The summed E-state index contributed by atoms with van der Waals surface area (Å²) in [5.74, 6) is -3.69. The van der Waals surface area contributed by atoms with Crippen LogP contribution in [-0.4, -0.2) is 0 Å². The fraction of sp³-hybridized carbons (Fsp3) is 0.0909. The van der Waals surface area contributed by atoms with Gasteiger partial charge in [0, 0.05) is 5.56 Å². The van der Waals surface area contributed by atoms with Crippen molar-refractivity contribution in [3.05, 3.63) is 53.4 Å². The molecule has 0 nitrogen and oxygen atoms in total. The Bertz CT molecular complexity index is 430. The summed E-state index contributed by atoms with van der Waals surface area (Å²) in [6.07, 6.45) is 5.98. The van der Waals surface area contributed by atoms with E-state index in [0.717, 1.165) is 6.07 Å². The molecule has 0 heterocycles. The van der Waals surface area contributed by atoms with Crippen LogP contribution in [0.1, 0.15) is 12.0 Å². The third kappa shape index (κ3) is 1.35. The molecule has 0 aliphatic heterocycles. The summed E-state index contributed by atoms with van der Waals surface area (Å²) in [6, 6.07) is 2.18. The third-order valence-corrected chi connectivity index (χ3v) is 2.12. The molecule has 2 rings (SSSR count). The van der Waals surface area contributed by atoms with Crippen LogP contribution in [0.15, 0.2) is 30.4 Å². The first-order valence-electron chi connectivity index (χ1n) is 4.20. The van der Waals surface area contributed by atoms with Crippen LogP contribution in [0.4, 0.5) is 13.2 Å². The molecule has 0 unspecified atom stereocenters. The van der Waals surface area contributed by atoms with E-state index >= 15 is 0 Å². The van der Waals surface area contributed by atoms with Crippen LogP contribution >= 0.6 is 0 Å². The van der Waals surface area contributed by atoms with Crippen molar-refractivity contribution in [3.8, 4) is 0 Å². The van der Waals surface area contributed by atoms with Gasteiger partial charge in [-0.15, -0.1) is 0 Å². The SMILES string of the molecule is Fc1ccc(C2=CCC=C2)c(F)c1F. The first kappa shape index (κ1) is 9.06. The average molecular weight is 196 g/mol. The molecular weight excluding hydrogens is 189 g/mol. The summed E-state index contributed by atoms with van der Waals surface area (Å²) in [7, 11) is 0. The lowest BCUT2D eigenvalue weighted by molar-refractivity contribution is 0.446. The van der Waals surface area contributed by atoms with E-state index in [1.54, 1.807) is 12.2 Å². The molecule has 14 heavy (non-hydrogen) atoms. The van der Waals surface area contributed by atoms with Crippen molar-refractivity contribution in [2.45, 2.75) is 6.42 Å². The average Bonchev–Trinajstić information content (AvgIpc) is 2.67. The maximum absolute atomic E-state index is 13.2. The summed E-state index contributed by atoms with van der Waals surface area (Å²) in [5, 5.41) is 0. The van der Waals surface area contributed by atoms with Gasteiger partial charge >= 0.3 is 0 Å². The lowest BCUT2D eigenvalue weighted by atomic mass is 10.1. The predicted octanol–water partition coefficient (Wildman–Crippen LogP) is 3.45. The van der Waals surface area contributed by atoms with E-state index in [-0.39, 0.29) is 5.56 Å². The lowest BCUT2D eigenvalue weighted by Crippen LogP contribution is -1.95. The summed E-state index contributed by atoms with van der Waals surface area (Å²) in [6.45, 7) is 0. The molecule has 1 aliphatic carbocycles. The minimum Gasteiger partial charge on any atom is -0.204 e. The Labute approximate surface area is 79.4 Å². The van der Waals surface area contributed by atoms with Gasteiger partial charge in [0.2, 0.25) is 0 Å². The van der Waals surface area contributed by atoms with Gasteiger partial charge < -0.3 is 0 Å². The molecule has 0 saturated carbocycles. The zero-order valence-electron chi connectivity index (χ0n) is 7.23. The second kappa shape index (κ2) is 3.33. The molecule has 0 atom stereocenters. The van der Waals surface area contributed by atoms with Gasteiger partial charge in [0.25, 0.3) is 0 Å². The van der Waals surface area contributed by atoms with E-state index in [4.69, 9.17) is 0 Å². The van der Waals surface area contributed by atoms with Gasteiger partial charge in [-0.1, -0.05) is 18.2 Å². The number of rotatable bonds is 1. The van der Waals surface area contributed by atoms with E-state index in [1.807, 2.05) is 6.08 Å². The third-order valence-electron chi connectivity index (χ3n) is 2.12. The number of hydrogen-bond donors (Lipinski definition) is 0. The first-order chi connectivity index (χ1) is 6.70. The Hall–Kier alpha value is -1.51. The van der Waals surface area contributed by atoms with E-state index in [0.29, 0.717) is 12.0 Å². The van der Waals surface area contributed by atoms with Crippen molar-refractivity contribution in [2.24, 2.45) is 0 Å². The van der Waals surface area contributed by atoms with Crippen LogP contribution in [0.3, 0.4) is 0 Å². The number of hydrogen-bond acceptors (Lipinski definition) is 0. The predicted molar refractivity (Wildman–Crippen MR) is 48.0 cm³/mol. The summed E-state index contributed by atoms with van der Waals surface area (Å²) >= 11 is 0. The van der Waals surface area contributed by atoms with Gasteiger partial charge in [0.15, 0.2) is 17.5 Å².